The number of nitrogens with one attached hydrogen (secondary N) is 2. The van der Waals surface area contributed by atoms with Crippen molar-refractivity contribution in [2.24, 2.45) is 0 Å². The molecule has 2 fully saturated rings. The molecule has 2 saturated heterocycles. The molecule has 0 radical (unpaired) electrons. The Labute approximate surface area is 260 Å². The summed E-state index contributed by atoms with van der Waals surface area (Å²) in [6, 6.07) is 12.1. The molecule has 13 nitrogen and oxygen atoms in total. The number of nitrogens with zero attached hydrogens (tertiary/aromatic N) is 8. The zero-order valence-corrected chi connectivity index (χ0v) is 25.7. The largest absolute Gasteiger partial charge is 0.383 e. The monoisotopic (exact) mass is 616 g/mol. The smallest absolute Gasteiger partial charge is 0.320 e. The number of methoxy groups -OCH3 is 1. The van der Waals surface area contributed by atoms with Crippen molar-refractivity contribution in [3.8, 4) is 16.9 Å². The number of aromatic nitrogens is 5. The zero-order chi connectivity index (χ0) is 31.5. The van der Waals surface area contributed by atoms with Crippen LogP contribution in [0.25, 0.3) is 16.9 Å². The van der Waals surface area contributed by atoms with Crippen molar-refractivity contribution in [1.29, 1.82) is 0 Å². The number of pyridine rings is 1. The number of ether oxygens (including phenoxy) is 1. The second-order valence-electron chi connectivity index (χ2n) is 11.4. The van der Waals surface area contributed by atoms with Crippen LogP contribution >= 0.6 is 0 Å². The van der Waals surface area contributed by atoms with Crippen LogP contribution in [0.2, 0.25) is 0 Å². The molecule has 1 aromatic carbocycles. The van der Waals surface area contributed by atoms with Gasteiger partial charge in [-0.25, -0.2) is 24.4 Å². The predicted octanol–water partition coefficient (Wildman–Crippen LogP) is 3.05. The third-order valence-electron chi connectivity index (χ3n) is 8.11. The molecule has 2 aliphatic heterocycles. The topological polar surface area (TPSA) is 126 Å². The van der Waals surface area contributed by atoms with Crippen molar-refractivity contribution in [3.63, 3.8) is 0 Å². The van der Waals surface area contributed by atoms with E-state index in [0.717, 1.165) is 29.9 Å². The molecule has 0 bridgehead atoms. The van der Waals surface area contributed by atoms with Crippen molar-refractivity contribution in [2.75, 3.05) is 64.2 Å². The van der Waals surface area contributed by atoms with Gasteiger partial charge in [-0.3, -0.25) is 10.2 Å². The molecule has 6 rings (SSSR count). The molecule has 14 heteroatoms. The van der Waals surface area contributed by atoms with Crippen LogP contribution in [0.5, 0.6) is 0 Å². The van der Waals surface area contributed by atoms with Gasteiger partial charge in [-0.1, -0.05) is 18.2 Å². The molecule has 236 valence electrons. The van der Waals surface area contributed by atoms with Gasteiger partial charge in [-0.05, 0) is 50.8 Å². The number of halogens is 1. The molecule has 2 N–H and O–H groups in total. The van der Waals surface area contributed by atoms with Gasteiger partial charge < -0.3 is 19.9 Å². The average molecular weight is 617 g/mol. The molecule has 0 unspecified atom stereocenters. The summed E-state index contributed by atoms with van der Waals surface area (Å²) in [4.78, 5) is 36.9. The quantitative estimate of drug-likeness (QED) is 0.257. The van der Waals surface area contributed by atoms with Gasteiger partial charge in [0.1, 0.15) is 17.6 Å². The maximum Gasteiger partial charge on any atom is 0.320 e. The zero-order valence-electron chi connectivity index (χ0n) is 25.7. The number of hydrogen-bond donors (Lipinski definition) is 2. The first-order valence-electron chi connectivity index (χ1n) is 14.8. The number of rotatable bonds is 10. The molecule has 2 atom stereocenters. The highest BCUT2D eigenvalue weighted by Gasteiger charge is 2.37. The fraction of sp³-hybridized carbons (Fsp3) is 0.387. The molecule has 2 aliphatic rings. The fourth-order valence-electron chi connectivity index (χ4n) is 5.48. The van der Waals surface area contributed by atoms with E-state index in [1.54, 1.807) is 35.3 Å². The molecule has 5 heterocycles. The van der Waals surface area contributed by atoms with Gasteiger partial charge in [-0.2, -0.15) is 14.6 Å². The molecule has 3 aromatic heterocycles. The van der Waals surface area contributed by atoms with Crippen LogP contribution in [0.3, 0.4) is 0 Å². The Bertz CT molecular complexity index is 1610. The summed E-state index contributed by atoms with van der Waals surface area (Å²) in [5, 5.41) is 12.6. The maximum atomic E-state index is 14.0. The molecule has 0 saturated carbocycles. The highest BCUT2D eigenvalue weighted by atomic mass is 19.1. The minimum absolute atomic E-state index is 0.379. The number of anilines is 2. The summed E-state index contributed by atoms with van der Waals surface area (Å²) in [5.41, 5.74) is 3.47. The van der Waals surface area contributed by atoms with Gasteiger partial charge in [0.15, 0.2) is 0 Å². The number of para-hydroxylation sites is 1. The lowest BCUT2D eigenvalue weighted by Crippen LogP contribution is -2.58. The third-order valence-corrected chi connectivity index (χ3v) is 8.11. The number of carbonyl (C=O) groups is 1. The van der Waals surface area contributed by atoms with Crippen molar-refractivity contribution in [1.82, 2.24) is 40.0 Å². The van der Waals surface area contributed by atoms with Crippen LogP contribution in [-0.4, -0.2) is 107 Å². The molecule has 45 heavy (non-hydrogen) atoms. The number of hydrogen-bond acceptors (Lipinski definition) is 10. The van der Waals surface area contributed by atoms with E-state index in [4.69, 9.17) is 14.7 Å². The van der Waals surface area contributed by atoms with Gasteiger partial charge in [0, 0.05) is 69.0 Å². The minimum Gasteiger partial charge on any atom is -0.383 e. The van der Waals surface area contributed by atoms with Crippen LogP contribution in [-0.2, 0) is 9.57 Å². The van der Waals surface area contributed by atoms with Gasteiger partial charge >= 0.3 is 6.03 Å². The first-order chi connectivity index (χ1) is 21.8. The van der Waals surface area contributed by atoms with Gasteiger partial charge in [0.05, 0.1) is 18.3 Å². The lowest BCUT2D eigenvalue weighted by molar-refractivity contribution is -0.154. The molecule has 2 amide bonds. The maximum absolute atomic E-state index is 14.0. The van der Waals surface area contributed by atoms with E-state index in [9.17, 15) is 9.18 Å². The Morgan fingerprint density at radius 3 is 2.56 bits per heavy atom. The highest BCUT2D eigenvalue weighted by Crippen LogP contribution is 2.32. The SMILES string of the molecule is COCCN1C[C@@H](NC(=O)Nc2c(C)c(-c3cnc(N4CC(N(C)C)C4)nc3)nn2-c2ccccc2)[C@H](c2ccnc(F)c2)O1. The lowest BCUT2D eigenvalue weighted by atomic mass is 10.0. The number of carbonyl (C=O) groups excluding carboxylic acids is 1. The molecule has 0 spiro atoms. The number of likely N-dealkylation sites (N-methyl/N-ethyl adjacent to an activating group) is 1. The number of amides is 2. The number of hydroxylamine groups is 2. The van der Waals surface area contributed by atoms with Crippen LogP contribution in [0, 0.1) is 12.9 Å². The average Bonchev–Trinajstić information content (AvgIpc) is 3.56. The summed E-state index contributed by atoms with van der Waals surface area (Å²) < 4.78 is 20.9. The first-order valence-corrected chi connectivity index (χ1v) is 14.8. The van der Waals surface area contributed by atoms with E-state index < -0.39 is 24.1 Å². The second kappa shape index (κ2) is 13.2. The summed E-state index contributed by atoms with van der Waals surface area (Å²) >= 11 is 0. The van der Waals surface area contributed by atoms with Gasteiger partial charge in [0.25, 0.3) is 0 Å². The van der Waals surface area contributed by atoms with Gasteiger partial charge in [0.2, 0.25) is 11.9 Å². The van der Waals surface area contributed by atoms with E-state index in [1.165, 1.54) is 12.3 Å². The van der Waals surface area contributed by atoms with E-state index in [2.05, 4.69) is 49.5 Å². The Morgan fingerprint density at radius 1 is 1.11 bits per heavy atom. The number of urea groups is 1. The summed E-state index contributed by atoms with van der Waals surface area (Å²) in [6.07, 6.45) is 4.30. The Balaban J connectivity index is 1.24. The highest BCUT2D eigenvalue weighted by molar-refractivity contribution is 5.91. The summed E-state index contributed by atoms with van der Waals surface area (Å²) in [6.45, 7) is 4.96. The summed E-state index contributed by atoms with van der Waals surface area (Å²) in [5.74, 6) is 0.553. The van der Waals surface area contributed by atoms with E-state index in [0.29, 0.717) is 48.8 Å². The number of benzene rings is 1. The van der Waals surface area contributed by atoms with E-state index in [-0.39, 0.29) is 0 Å². The Morgan fingerprint density at radius 2 is 1.87 bits per heavy atom. The van der Waals surface area contributed by atoms with Crippen molar-refractivity contribution in [2.45, 2.75) is 25.1 Å². The second-order valence-corrected chi connectivity index (χ2v) is 11.4. The Kier molecular flexibility index (Phi) is 8.98. The summed E-state index contributed by atoms with van der Waals surface area (Å²) in [7, 11) is 5.75. The van der Waals surface area contributed by atoms with Crippen LogP contribution in [0.4, 0.5) is 21.0 Å². The minimum atomic E-state index is -0.621. The lowest BCUT2D eigenvalue weighted by Gasteiger charge is -2.42. The normalized spacial score (nSPS) is 18.8. The third kappa shape index (κ3) is 6.63. The molecule has 4 aromatic rings. The fourth-order valence-corrected chi connectivity index (χ4v) is 5.48. The first kappa shape index (κ1) is 30.5. The van der Waals surface area contributed by atoms with E-state index in [1.807, 2.05) is 37.3 Å². The Hall–Kier alpha value is -4.50. The van der Waals surface area contributed by atoms with Crippen molar-refractivity contribution < 1.29 is 18.8 Å². The van der Waals surface area contributed by atoms with Crippen molar-refractivity contribution >= 4 is 17.8 Å². The van der Waals surface area contributed by atoms with Crippen molar-refractivity contribution in [3.05, 3.63) is 78.1 Å². The standard InChI is InChI=1S/C31H37FN10O3/c1-20-27(22-15-34-30(35-16-22)40-17-24(18-40)39(2)3)38-42(23-8-6-5-7-9-23)29(20)37-31(43)36-25-19-41(12-13-44-4)45-28(25)21-10-11-33-26(32)14-21/h5-11,14-16,24-25,28H,12-13,17-19H2,1-4H3,(H2,36,37,43)/t25-,28+/m1/s1. The van der Waals surface area contributed by atoms with Crippen LogP contribution in [0.15, 0.2) is 61.1 Å². The van der Waals surface area contributed by atoms with Crippen LogP contribution < -0.4 is 15.5 Å². The molecule has 0 aliphatic carbocycles. The molecular formula is C31H37FN10O3. The van der Waals surface area contributed by atoms with Gasteiger partial charge in [-0.15, -0.1) is 0 Å². The predicted molar refractivity (Wildman–Crippen MR) is 166 cm³/mol. The molecular weight excluding hydrogens is 579 g/mol. The van der Waals surface area contributed by atoms with E-state index >= 15 is 0 Å². The van der Waals surface area contributed by atoms with Crippen LogP contribution in [0.1, 0.15) is 17.2 Å².